The molecule has 1 aliphatic rings. The van der Waals surface area contributed by atoms with Crippen molar-refractivity contribution in [2.75, 3.05) is 6.54 Å². The molecule has 0 bridgehead atoms. The van der Waals surface area contributed by atoms with Crippen molar-refractivity contribution >= 4 is 11.9 Å². The summed E-state index contributed by atoms with van der Waals surface area (Å²) < 4.78 is 0. The van der Waals surface area contributed by atoms with Crippen LogP contribution in [0.3, 0.4) is 0 Å². The van der Waals surface area contributed by atoms with Crippen LogP contribution >= 0.6 is 0 Å². The van der Waals surface area contributed by atoms with Gasteiger partial charge in [0.05, 0.1) is 0 Å². The Morgan fingerprint density at radius 3 is 3.00 bits per heavy atom. The molecule has 1 fully saturated rings. The largest absolute Gasteiger partial charge is 0.477 e. The van der Waals surface area contributed by atoms with Crippen LogP contribution in [-0.4, -0.2) is 39.5 Å². The summed E-state index contributed by atoms with van der Waals surface area (Å²) in [5.41, 5.74) is 0.316. The molecule has 18 heavy (non-hydrogen) atoms. The van der Waals surface area contributed by atoms with Gasteiger partial charge in [0.25, 0.3) is 5.91 Å². The number of aromatic carboxylic acids is 1. The maximum atomic E-state index is 12.3. The van der Waals surface area contributed by atoms with Gasteiger partial charge in [0.1, 0.15) is 5.69 Å². The van der Waals surface area contributed by atoms with Crippen molar-refractivity contribution < 1.29 is 14.7 Å². The average Bonchev–Trinajstić information content (AvgIpc) is 2.86. The van der Waals surface area contributed by atoms with Crippen molar-refractivity contribution in [1.82, 2.24) is 9.88 Å². The molecule has 0 aromatic carbocycles. The second kappa shape index (κ2) is 5.16. The van der Waals surface area contributed by atoms with E-state index < -0.39 is 5.97 Å². The molecule has 2 rings (SSSR count). The van der Waals surface area contributed by atoms with Crippen molar-refractivity contribution in [3.63, 3.8) is 0 Å². The fourth-order valence-corrected chi connectivity index (χ4v) is 2.37. The number of carbonyl (C=O) groups excluding carboxylic acids is 1. The van der Waals surface area contributed by atoms with E-state index in [0.717, 1.165) is 25.8 Å². The lowest BCUT2D eigenvalue weighted by molar-refractivity contribution is 0.0690. The third kappa shape index (κ3) is 2.34. The number of hydrogen-bond acceptors (Lipinski definition) is 3. The van der Waals surface area contributed by atoms with Gasteiger partial charge in [0, 0.05) is 24.3 Å². The molecule has 96 valence electrons. The van der Waals surface area contributed by atoms with Gasteiger partial charge in [-0.2, -0.15) is 0 Å². The minimum absolute atomic E-state index is 0.0897. The van der Waals surface area contributed by atoms with Gasteiger partial charge in [-0.25, -0.2) is 9.78 Å². The second-order valence-electron chi connectivity index (χ2n) is 4.44. The number of rotatable bonds is 3. The van der Waals surface area contributed by atoms with E-state index in [1.807, 2.05) is 4.90 Å². The first kappa shape index (κ1) is 12.5. The van der Waals surface area contributed by atoms with E-state index in [9.17, 15) is 9.59 Å². The van der Waals surface area contributed by atoms with E-state index >= 15 is 0 Å². The van der Waals surface area contributed by atoms with Crippen LogP contribution in [0.25, 0.3) is 0 Å². The summed E-state index contributed by atoms with van der Waals surface area (Å²) >= 11 is 0. The first-order valence-corrected chi connectivity index (χ1v) is 6.13. The van der Waals surface area contributed by atoms with Crippen LogP contribution in [0.2, 0.25) is 0 Å². The molecule has 0 aliphatic carbocycles. The highest BCUT2D eigenvalue weighted by Gasteiger charge is 2.28. The molecule has 1 aromatic rings. The minimum Gasteiger partial charge on any atom is -0.477 e. The van der Waals surface area contributed by atoms with Crippen LogP contribution in [0, 0.1) is 0 Å². The SMILES string of the molecule is CC[C@H]1CCCN1C(=O)c1ccnc(C(=O)O)c1. The zero-order chi connectivity index (χ0) is 13.1. The van der Waals surface area contributed by atoms with E-state index in [4.69, 9.17) is 5.11 Å². The molecule has 2 heterocycles. The molecule has 1 amide bonds. The average molecular weight is 248 g/mol. The molecule has 1 atom stereocenters. The number of aromatic nitrogens is 1. The van der Waals surface area contributed by atoms with Crippen LogP contribution in [-0.2, 0) is 0 Å². The predicted octanol–water partition coefficient (Wildman–Crippen LogP) is 1.79. The number of likely N-dealkylation sites (tertiary alicyclic amines) is 1. The summed E-state index contributed by atoms with van der Waals surface area (Å²) in [6.07, 6.45) is 4.34. The molecular weight excluding hydrogens is 232 g/mol. The van der Waals surface area contributed by atoms with Crippen LogP contribution in [0.15, 0.2) is 18.3 Å². The van der Waals surface area contributed by atoms with Crippen molar-refractivity contribution in [3.05, 3.63) is 29.6 Å². The number of hydrogen-bond donors (Lipinski definition) is 1. The number of carboxylic acids is 1. The Morgan fingerprint density at radius 1 is 1.56 bits per heavy atom. The summed E-state index contributed by atoms with van der Waals surface area (Å²) in [7, 11) is 0. The van der Waals surface area contributed by atoms with Crippen molar-refractivity contribution in [1.29, 1.82) is 0 Å². The maximum Gasteiger partial charge on any atom is 0.354 e. The van der Waals surface area contributed by atoms with Crippen LogP contribution in [0.4, 0.5) is 0 Å². The maximum absolute atomic E-state index is 12.3. The van der Waals surface area contributed by atoms with Gasteiger partial charge in [-0.3, -0.25) is 4.79 Å². The summed E-state index contributed by atoms with van der Waals surface area (Å²) in [5, 5.41) is 8.87. The van der Waals surface area contributed by atoms with E-state index in [-0.39, 0.29) is 17.6 Å². The van der Waals surface area contributed by atoms with Crippen molar-refractivity contribution in [3.8, 4) is 0 Å². The summed E-state index contributed by atoms with van der Waals surface area (Å²) in [6.45, 7) is 2.81. The summed E-state index contributed by atoms with van der Waals surface area (Å²) in [4.78, 5) is 28.7. The molecular formula is C13H16N2O3. The van der Waals surface area contributed by atoms with Gasteiger partial charge in [0.15, 0.2) is 0 Å². The fraction of sp³-hybridized carbons (Fsp3) is 0.462. The zero-order valence-electron chi connectivity index (χ0n) is 10.3. The van der Waals surface area contributed by atoms with Crippen LogP contribution in [0.5, 0.6) is 0 Å². The lowest BCUT2D eigenvalue weighted by atomic mass is 10.1. The number of amides is 1. The third-order valence-corrected chi connectivity index (χ3v) is 3.34. The highest BCUT2D eigenvalue weighted by Crippen LogP contribution is 2.22. The molecule has 5 nitrogen and oxygen atoms in total. The number of nitrogens with zero attached hydrogens (tertiary/aromatic N) is 2. The van der Waals surface area contributed by atoms with E-state index in [1.54, 1.807) is 6.07 Å². The van der Waals surface area contributed by atoms with Crippen LogP contribution < -0.4 is 0 Å². The molecule has 5 heteroatoms. The number of carboxylic acid groups (broad SMARTS) is 1. The summed E-state index contributed by atoms with van der Waals surface area (Å²) in [5.74, 6) is -1.21. The van der Waals surface area contributed by atoms with E-state index in [0.29, 0.717) is 5.56 Å². The predicted molar refractivity (Wildman–Crippen MR) is 65.5 cm³/mol. The van der Waals surface area contributed by atoms with Gasteiger partial charge in [0.2, 0.25) is 0 Å². The Bertz CT molecular complexity index is 473. The Balaban J connectivity index is 2.23. The number of carbonyl (C=O) groups is 2. The van der Waals surface area contributed by atoms with Crippen molar-refractivity contribution in [2.24, 2.45) is 0 Å². The summed E-state index contributed by atoms with van der Waals surface area (Å²) in [6, 6.07) is 3.19. The minimum atomic E-state index is -1.11. The van der Waals surface area contributed by atoms with Crippen molar-refractivity contribution in [2.45, 2.75) is 32.2 Å². The van der Waals surface area contributed by atoms with Gasteiger partial charge < -0.3 is 10.0 Å². The Kier molecular flexibility index (Phi) is 3.60. The standard InChI is InChI=1S/C13H16N2O3/c1-2-10-4-3-7-15(10)12(16)9-5-6-14-11(8-9)13(17)18/h5-6,8,10H,2-4,7H2,1H3,(H,17,18)/t10-/m0/s1. The molecule has 0 spiro atoms. The molecule has 1 saturated heterocycles. The lowest BCUT2D eigenvalue weighted by Gasteiger charge is -2.23. The monoisotopic (exact) mass is 248 g/mol. The van der Waals surface area contributed by atoms with Crippen LogP contribution in [0.1, 0.15) is 47.0 Å². The Labute approximate surface area is 105 Å². The fourth-order valence-electron chi connectivity index (χ4n) is 2.37. The van der Waals surface area contributed by atoms with Gasteiger partial charge >= 0.3 is 5.97 Å². The van der Waals surface area contributed by atoms with Gasteiger partial charge in [-0.1, -0.05) is 6.92 Å². The van der Waals surface area contributed by atoms with E-state index in [2.05, 4.69) is 11.9 Å². The topological polar surface area (TPSA) is 70.5 Å². The Hall–Kier alpha value is -1.91. The molecule has 1 aromatic heterocycles. The second-order valence-corrected chi connectivity index (χ2v) is 4.44. The quantitative estimate of drug-likeness (QED) is 0.885. The highest BCUT2D eigenvalue weighted by atomic mass is 16.4. The van der Waals surface area contributed by atoms with E-state index in [1.165, 1.54) is 12.3 Å². The highest BCUT2D eigenvalue weighted by molar-refractivity contribution is 5.96. The molecule has 1 aliphatic heterocycles. The zero-order valence-corrected chi connectivity index (χ0v) is 10.3. The Morgan fingerprint density at radius 2 is 2.33 bits per heavy atom. The molecule has 1 N–H and O–H groups in total. The van der Waals surface area contributed by atoms with Gasteiger partial charge in [-0.05, 0) is 31.4 Å². The lowest BCUT2D eigenvalue weighted by Crippen LogP contribution is -2.35. The first-order valence-electron chi connectivity index (χ1n) is 6.13. The number of pyridine rings is 1. The first-order chi connectivity index (χ1) is 8.63. The third-order valence-electron chi connectivity index (χ3n) is 3.34. The molecule has 0 radical (unpaired) electrons. The molecule has 0 saturated carbocycles. The van der Waals surface area contributed by atoms with Gasteiger partial charge in [-0.15, -0.1) is 0 Å². The normalized spacial score (nSPS) is 18.9. The molecule has 0 unspecified atom stereocenters. The smallest absolute Gasteiger partial charge is 0.354 e.